The molecule has 2 unspecified atom stereocenters. The summed E-state index contributed by atoms with van der Waals surface area (Å²) in [5.74, 6) is -12.0. The van der Waals surface area contributed by atoms with Crippen molar-refractivity contribution in [1.82, 2.24) is 9.80 Å². The van der Waals surface area contributed by atoms with Gasteiger partial charge >= 0.3 is 0 Å². The Morgan fingerprint density at radius 2 is 1.76 bits per heavy atom. The first-order valence-electron chi connectivity index (χ1n) is 12.3. The van der Waals surface area contributed by atoms with Gasteiger partial charge in [0.05, 0.1) is 29.5 Å². The maximum Gasteiger partial charge on any atom is 0.235 e. The fourth-order valence-corrected chi connectivity index (χ4v) is 7.74. The number of phenolic OH excluding ortho intramolecular Hbond substituents is 1. The zero-order valence-corrected chi connectivity index (χ0v) is 22.5. The Kier molecular flexibility index (Phi) is 7.58. The number of carbonyl (C=O) groups is 5. The number of ketones is 4. The van der Waals surface area contributed by atoms with Gasteiger partial charge in [0.1, 0.15) is 5.75 Å². The number of aromatic hydroxyl groups is 1. The first-order valence-corrected chi connectivity index (χ1v) is 13.5. The van der Waals surface area contributed by atoms with Crippen LogP contribution in [0.4, 0.5) is 0 Å². The molecule has 8 atom stereocenters. The van der Waals surface area contributed by atoms with E-state index in [0.29, 0.717) is 17.1 Å². The average Bonchev–Trinajstić information content (AvgIpc) is 2.82. The van der Waals surface area contributed by atoms with Crippen molar-refractivity contribution in [3.63, 3.8) is 0 Å². The quantitative estimate of drug-likeness (QED) is 0.235. The second-order valence-corrected chi connectivity index (χ2v) is 12.0. The molecule has 0 radical (unpaired) electrons. The monoisotopic (exact) mass is 547 g/mol. The predicted octanol–water partition coefficient (Wildman–Crippen LogP) is -1.33. The average molecular weight is 548 g/mol. The summed E-state index contributed by atoms with van der Waals surface area (Å²) >= 11 is 1.53. The molecule has 0 bridgehead atoms. The number of carbonyl (C=O) groups excluding carboxylic acids is 5. The number of amides is 1. The van der Waals surface area contributed by atoms with Crippen molar-refractivity contribution in [3.05, 3.63) is 29.3 Å². The molecule has 0 spiro atoms. The van der Waals surface area contributed by atoms with Gasteiger partial charge in [0.15, 0.2) is 34.7 Å². The van der Waals surface area contributed by atoms with Gasteiger partial charge in [-0.1, -0.05) is 12.1 Å². The third kappa shape index (κ3) is 4.10. The molecular formula is C26H33N3O8S. The molecule has 12 heteroatoms. The highest BCUT2D eigenvalue weighted by Crippen LogP contribution is 2.55. The molecule has 2 fully saturated rings. The number of primary amides is 1. The van der Waals surface area contributed by atoms with E-state index in [2.05, 4.69) is 0 Å². The van der Waals surface area contributed by atoms with Crippen LogP contribution in [0.15, 0.2) is 18.2 Å². The van der Waals surface area contributed by atoms with Crippen LogP contribution in [0, 0.1) is 23.7 Å². The maximum atomic E-state index is 14.0. The van der Waals surface area contributed by atoms with Crippen LogP contribution < -0.4 is 5.73 Å². The molecule has 1 amide bonds. The van der Waals surface area contributed by atoms with Gasteiger partial charge in [0.25, 0.3) is 0 Å². The molecule has 0 heterocycles. The molecule has 11 nitrogen and oxygen atoms in total. The molecule has 2 saturated carbocycles. The number of nitrogens with two attached hydrogens (primary N) is 1. The van der Waals surface area contributed by atoms with E-state index < -0.39 is 76.4 Å². The van der Waals surface area contributed by atoms with Gasteiger partial charge in [-0.05, 0) is 39.8 Å². The van der Waals surface area contributed by atoms with E-state index in [0.717, 1.165) is 6.54 Å². The zero-order valence-electron chi connectivity index (χ0n) is 21.7. The lowest BCUT2D eigenvalue weighted by Crippen LogP contribution is -2.77. The minimum Gasteiger partial charge on any atom is -0.507 e. The van der Waals surface area contributed by atoms with Gasteiger partial charge in [0, 0.05) is 29.9 Å². The maximum absolute atomic E-state index is 14.0. The molecule has 3 aliphatic rings. The smallest absolute Gasteiger partial charge is 0.235 e. The van der Waals surface area contributed by atoms with Crippen LogP contribution in [0.5, 0.6) is 5.75 Å². The van der Waals surface area contributed by atoms with Gasteiger partial charge in [0.2, 0.25) is 5.91 Å². The Labute approximate surface area is 224 Å². The number of hydrogen-bond acceptors (Lipinski definition) is 11. The van der Waals surface area contributed by atoms with Crippen molar-refractivity contribution < 1.29 is 39.3 Å². The van der Waals surface area contributed by atoms with Gasteiger partial charge in [-0.15, -0.1) is 0 Å². The normalized spacial score (nSPS) is 34.8. The topological polar surface area (TPSA) is 179 Å². The molecule has 5 N–H and O–H groups in total. The third-order valence-electron chi connectivity index (χ3n) is 8.13. The van der Waals surface area contributed by atoms with Gasteiger partial charge in [-0.2, -0.15) is 11.8 Å². The summed E-state index contributed by atoms with van der Waals surface area (Å²) in [7, 11) is 6.78. The number of rotatable bonds is 7. The summed E-state index contributed by atoms with van der Waals surface area (Å²) in [6.45, 7) is 0.751. The lowest BCUT2D eigenvalue weighted by atomic mass is 9.49. The molecule has 0 aromatic heterocycles. The predicted molar refractivity (Wildman–Crippen MR) is 138 cm³/mol. The second-order valence-electron chi connectivity index (χ2n) is 10.8. The van der Waals surface area contributed by atoms with Crippen LogP contribution in [0.1, 0.15) is 21.8 Å². The lowest BCUT2D eigenvalue weighted by Gasteiger charge is -2.56. The van der Waals surface area contributed by atoms with Crippen LogP contribution in [-0.4, -0.2) is 118 Å². The third-order valence-corrected chi connectivity index (χ3v) is 9.20. The lowest BCUT2D eigenvalue weighted by molar-refractivity contribution is -0.196. The molecule has 206 valence electrons. The van der Waals surface area contributed by atoms with Crippen LogP contribution in [0.25, 0.3) is 0 Å². The summed E-state index contributed by atoms with van der Waals surface area (Å²) in [4.78, 5) is 69.9. The summed E-state index contributed by atoms with van der Waals surface area (Å²) in [5, 5.41) is 34.1. The standard InChI is InChI=1S/C26H33N3O8S/c1-28(2)8-9-38-10-12-11-6-5-7-13(30)14(11)20(31)16-15(12)21(32)18-19(29(3)4)22(33)17(25(27)36)24(35)26(18,37)23(16)34/h5-7,12,15-19,21,30,32,37H,8-10H2,1-4H3,(H2,27,36)/t12-,15+,16?,17?,18+,19-,21-,26-/m0/s1. The Balaban J connectivity index is 1.89. The summed E-state index contributed by atoms with van der Waals surface area (Å²) in [5.41, 5.74) is 2.70. The summed E-state index contributed by atoms with van der Waals surface area (Å²) < 4.78 is 0. The summed E-state index contributed by atoms with van der Waals surface area (Å²) in [6.07, 6.45) is -1.64. The molecule has 38 heavy (non-hydrogen) atoms. The van der Waals surface area contributed by atoms with Gasteiger partial charge in [-0.3, -0.25) is 28.9 Å². The number of likely N-dealkylation sites (N-methyl/N-ethyl adjacent to an activating group) is 1. The molecule has 0 saturated heterocycles. The molecule has 4 rings (SSSR count). The molecule has 0 aliphatic heterocycles. The Bertz CT molecular complexity index is 1200. The van der Waals surface area contributed by atoms with E-state index in [9.17, 15) is 39.3 Å². The Morgan fingerprint density at radius 3 is 2.34 bits per heavy atom. The highest BCUT2D eigenvalue weighted by Gasteiger charge is 2.73. The van der Waals surface area contributed by atoms with Crippen molar-refractivity contribution in [1.29, 1.82) is 0 Å². The number of aliphatic hydroxyl groups is 2. The highest BCUT2D eigenvalue weighted by molar-refractivity contribution is 7.99. The SMILES string of the molecule is CN(C)CCSC[C@H]1c2cccc(O)c2C(=O)C2C(=O)[C@]3(O)C(=O)C(C(N)=O)C(=O)[C@@H](N(C)C)[C@@H]3[C@@H](O)[C@@H]21. The number of hydrogen-bond donors (Lipinski definition) is 4. The molecular weight excluding hydrogens is 514 g/mol. The zero-order chi connectivity index (χ0) is 28.3. The molecule has 1 aromatic rings. The first-order chi connectivity index (χ1) is 17.8. The number of aliphatic hydroxyl groups excluding tert-OH is 1. The fourth-order valence-electron chi connectivity index (χ4n) is 6.42. The van der Waals surface area contributed by atoms with Crippen molar-refractivity contribution in [2.24, 2.45) is 29.4 Å². The fraction of sp³-hybridized carbons (Fsp3) is 0.577. The number of phenols is 1. The van der Waals surface area contributed by atoms with Crippen LogP contribution >= 0.6 is 11.8 Å². The first kappa shape index (κ1) is 28.4. The van der Waals surface area contributed by atoms with E-state index in [1.807, 2.05) is 19.0 Å². The van der Waals surface area contributed by atoms with Crippen LogP contribution in [0.3, 0.4) is 0 Å². The molecule has 1 aromatic carbocycles. The van der Waals surface area contributed by atoms with E-state index in [1.54, 1.807) is 12.1 Å². The minimum atomic E-state index is -3.00. The van der Waals surface area contributed by atoms with Gasteiger partial charge < -0.3 is 26.0 Å². The largest absolute Gasteiger partial charge is 0.507 e. The van der Waals surface area contributed by atoms with E-state index in [4.69, 9.17) is 5.73 Å². The molecule has 3 aliphatic carbocycles. The second kappa shape index (κ2) is 10.2. The summed E-state index contributed by atoms with van der Waals surface area (Å²) in [6, 6.07) is 3.14. The highest BCUT2D eigenvalue weighted by atomic mass is 32.2. The number of fused-ring (bicyclic) bond motifs is 3. The Morgan fingerprint density at radius 1 is 1.11 bits per heavy atom. The van der Waals surface area contributed by atoms with E-state index >= 15 is 0 Å². The number of Topliss-reactive ketones (excluding diaryl/α,β-unsaturated/α-hetero) is 4. The van der Waals surface area contributed by atoms with Crippen LogP contribution in [0.2, 0.25) is 0 Å². The van der Waals surface area contributed by atoms with Crippen molar-refractivity contribution in [2.45, 2.75) is 23.7 Å². The van der Waals surface area contributed by atoms with Crippen LogP contribution in [-0.2, 0) is 19.2 Å². The number of thioether (sulfide) groups is 1. The van der Waals surface area contributed by atoms with Crippen molar-refractivity contribution >= 4 is 40.8 Å². The van der Waals surface area contributed by atoms with Crippen molar-refractivity contribution in [3.8, 4) is 5.75 Å². The minimum absolute atomic E-state index is 0.0931. The van der Waals surface area contributed by atoms with E-state index in [-0.39, 0.29) is 11.3 Å². The number of benzene rings is 1. The Hall–Kier alpha value is -2.64. The number of nitrogens with zero attached hydrogens (tertiary/aromatic N) is 2. The van der Waals surface area contributed by atoms with Crippen molar-refractivity contribution in [2.75, 3.05) is 46.2 Å². The van der Waals surface area contributed by atoms with Gasteiger partial charge in [-0.25, -0.2) is 0 Å². The van der Waals surface area contributed by atoms with E-state index in [1.165, 1.54) is 36.8 Å².